The molecular weight excluding hydrogens is 471 g/mol. The molecule has 2 aromatic heterocycles. The first-order valence-electron chi connectivity index (χ1n) is 9.15. The molecule has 2 heterocycles. The maximum atomic E-state index is 13.0. The number of nitrogens with zero attached hydrogens (tertiary/aromatic N) is 3. The molecular formula is C19H17ClF3N5O3S. The normalized spacial score (nSPS) is 12.0. The number of carbonyl (C=O) groups is 1. The summed E-state index contributed by atoms with van der Waals surface area (Å²) in [6.07, 6.45) is -0.164. The van der Waals surface area contributed by atoms with Crippen LogP contribution in [0.3, 0.4) is 0 Å². The molecule has 3 rings (SSSR count). The van der Waals surface area contributed by atoms with Gasteiger partial charge in [0.15, 0.2) is 5.82 Å². The van der Waals surface area contributed by atoms with Crippen LogP contribution >= 0.6 is 11.6 Å². The third-order valence-electron chi connectivity index (χ3n) is 4.26. The van der Waals surface area contributed by atoms with Crippen LogP contribution in [0.1, 0.15) is 17.5 Å². The highest BCUT2D eigenvalue weighted by molar-refractivity contribution is 7.89. The first-order valence-corrected chi connectivity index (χ1v) is 11.0. The zero-order valence-corrected chi connectivity index (χ0v) is 17.9. The first kappa shape index (κ1) is 23.7. The van der Waals surface area contributed by atoms with E-state index in [1.54, 1.807) is 36.8 Å². The predicted octanol–water partition coefficient (Wildman–Crippen LogP) is 2.92. The second kappa shape index (κ2) is 9.67. The lowest BCUT2D eigenvalue weighted by atomic mass is 10.2. The highest BCUT2D eigenvalue weighted by Gasteiger charge is 2.34. The van der Waals surface area contributed by atoms with E-state index >= 15 is 0 Å². The summed E-state index contributed by atoms with van der Waals surface area (Å²) >= 11 is 5.51. The van der Waals surface area contributed by atoms with E-state index in [4.69, 9.17) is 11.6 Å². The van der Waals surface area contributed by atoms with Crippen LogP contribution in [0.4, 0.5) is 13.2 Å². The van der Waals surface area contributed by atoms with Crippen LogP contribution in [0.25, 0.3) is 5.82 Å². The van der Waals surface area contributed by atoms with Crippen molar-refractivity contribution in [2.24, 2.45) is 0 Å². The van der Waals surface area contributed by atoms with Crippen molar-refractivity contribution in [2.45, 2.75) is 24.0 Å². The molecule has 0 fully saturated rings. The number of carbonyl (C=O) groups excluding carboxylic acids is 1. The molecule has 0 radical (unpaired) electrons. The Kier molecular flexibility index (Phi) is 7.16. The average Bonchev–Trinajstić information content (AvgIpc) is 3.26. The largest absolute Gasteiger partial charge is 0.417 e. The van der Waals surface area contributed by atoms with Gasteiger partial charge in [-0.05, 0) is 30.3 Å². The van der Waals surface area contributed by atoms with Crippen molar-refractivity contribution >= 4 is 27.5 Å². The van der Waals surface area contributed by atoms with Gasteiger partial charge in [0.1, 0.15) is 0 Å². The van der Waals surface area contributed by atoms with E-state index in [0.29, 0.717) is 17.4 Å². The number of nitrogens with one attached hydrogen (secondary N) is 2. The summed E-state index contributed by atoms with van der Waals surface area (Å²) < 4.78 is 67.1. The Hall–Kier alpha value is -2.96. The third-order valence-corrected chi connectivity index (χ3v) is 6.05. The molecule has 8 nitrogen and oxygen atoms in total. The molecule has 0 bridgehead atoms. The quantitative estimate of drug-likeness (QED) is 0.508. The Labute approximate surface area is 186 Å². The summed E-state index contributed by atoms with van der Waals surface area (Å²) in [5.41, 5.74) is -0.574. The lowest BCUT2D eigenvalue weighted by Gasteiger charge is -2.12. The van der Waals surface area contributed by atoms with Crippen LogP contribution in [0.2, 0.25) is 5.02 Å². The number of halogens is 4. The second-order valence-corrected chi connectivity index (χ2v) is 8.67. The van der Waals surface area contributed by atoms with Gasteiger partial charge in [-0.3, -0.25) is 4.79 Å². The molecule has 0 aliphatic rings. The zero-order chi connectivity index (χ0) is 23.4. The van der Waals surface area contributed by atoms with Crippen LogP contribution in [0.5, 0.6) is 0 Å². The molecule has 0 aliphatic heterocycles. The fourth-order valence-corrected chi connectivity index (χ4v) is 4.00. The Morgan fingerprint density at radius 1 is 1.16 bits per heavy atom. The van der Waals surface area contributed by atoms with Crippen molar-refractivity contribution < 1.29 is 26.4 Å². The number of aromatic nitrogens is 3. The number of hydrogen-bond acceptors (Lipinski definition) is 5. The molecule has 0 aliphatic carbocycles. The van der Waals surface area contributed by atoms with Gasteiger partial charge in [0.05, 0.1) is 15.5 Å². The Morgan fingerprint density at radius 3 is 2.62 bits per heavy atom. The van der Waals surface area contributed by atoms with Gasteiger partial charge < -0.3 is 5.32 Å². The molecule has 1 amide bonds. The van der Waals surface area contributed by atoms with E-state index in [9.17, 15) is 26.4 Å². The van der Waals surface area contributed by atoms with Gasteiger partial charge in [-0.1, -0.05) is 17.7 Å². The van der Waals surface area contributed by atoms with Crippen LogP contribution in [0, 0.1) is 0 Å². The number of hydrogen-bond donors (Lipinski definition) is 2. The first-order chi connectivity index (χ1) is 15.1. The van der Waals surface area contributed by atoms with Gasteiger partial charge in [-0.2, -0.15) is 18.3 Å². The van der Waals surface area contributed by atoms with Crippen molar-refractivity contribution in [2.75, 3.05) is 6.54 Å². The van der Waals surface area contributed by atoms with E-state index in [1.165, 1.54) is 4.68 Å². The fourth-order valence-electron chi connectivity index (χ4n) is 2.72. The lowest BCUT2D eigenvalue weighted by Crippen LogP contribution is -2.31. The molecule has 2 N–H and O–H groups in total. The minimum atomic E-state index is -4.80. The monoisotopic (exact) mass is 487 g/mol. The smallest absolute Gasteiger partial charge is 0.352 e. The van der Waals surface area contributed by atoms with Gasteiger partial charge in [0.2, 0.25) is 15.9 Å². The summed E-state index contributed by atoms with van der Waals surface area (Å²) in [6.45, 7) is -0.183. The van der Waals surface area contributed by atoms with Crippen LogP contribution in [-0.4, -0.2) is 35.6 Å². The number of sulfonamides is 1. The summed E-state index contributed by atoms with van der Waals surface area (Å²) in [4.78, 5) is 15.7. The van der Waals surface area contributed by atoms with Crippen LogP contribution in [0.15, 0.2) is 59.9 Å². The molecule has 170 valence electrons. The summed E-state index contributed by atoms with van der Waals surface area (Å²) in [6, 6.07) is 7.44. The molecule has 0 spiro atoms. The molecule has 0 atom stereocenters. The van der Waals surface area contributed by atoms with Crippen LogP contribution < -0.4 is 10.0 Å². The standard InChI is InChI=1S/C19H17ClF3N5O3S/c20-16-5-4-14(11-15(16)19(21,22)23)32(30,31)27-9-6-17(29)25-12-13-3-1-7-24-18(13)28-10-2-8-26-28/h1-5,7-8,10-11,27H,6,9,12H2,(H,25,29). The summed E-state index contributed by atoms with van der Waals surface area (Å²) in [7, 11) is -4.27. The number of amides is 1. The van der Waals surface area contributed by atoms with Crippen LogP contribution in [-0.2, 0) is 27.5 Å². The minimum absolute atomic E-state index is 0.126. The third kappa shape index (κ3) is 5.84. The van der Waals surface area contributed by atoms with Gasteiger partial charge in [-0.25, -0.2) is 22.8 Å². The average molecular weight is 488 g/mol. The minimum Gasteiger partial charge on any atom is -0.352 e. The Balaban J connectivity index is 1.57. The van der Waals surface area contributed by atoms with Crippen molar-refractivity contribution in [3.63, 3.8) is 0 Å². The molecule has 1 aromatic carbocycles. The lowest BCUT2D eigenvalue weighted by molar-refractivity contribution is -0.137. The van der Waals surface area contributed by atoms with Crippen molar-refractivity contribution in [3.8, 4) is 5.82 Å². The Morgan fingerprint density at radius 2 is 1.94 bits per heavy atom. The number of benzene rings is 1. The van der Waals surface area contributed by atoms with E-state index in [1.807, 2.05) is 0 Å². The predicted molar refractivity (Wildman–Crippen MR) is 109 cm³/mol. The molecule has 32 heavy (non-hydrogen) atoms. The Bertz CT molecular complexity index is 1200. The maximum absolute atomic E-state index is 13.0. The van der Waals surface area contributed by atoms with Crippen molar-refractivity contribution in [3.05, 3.63) is 71.1 Å². The molecule has 13 heteroatoms. The van der Waals surface area contributed by atoms with Crippen molar-refractivity contribution in [1.82, 2.24) is 24.8 Å². The summed E-state index contributed by atoms with van der Waals surface area (Å²) in [5.74, 6) is 0.0664. The van der Waals surface area contributed by atoms with Gasteiger partial charge >= 0.3 is 6.18 Å². The number of pyridine rings is 1. The number of rotatable bonds is 8. The molecule has 3 aromatic rings. The summed E-state index contributed by atoms with van der Waals surface area (Å²) in [5, 5.41) is 6.12. The van der Waals surface area contributed by atoms with E-state index < -0.39 is 37.6 Å². The SMILES string of the molecule is O=C(CCNS(=O)(=O)c1ccc(Cl)c(C(F)(F)F)c1)NCc1cccnc1-n1cccn1. The zero-order valence-electron chi connectivity index (χ0n) is 16.3. The maximum Gasteiger partial charge on any atom is 0.417 e. The highest BCUT2D eigenvalue weighted by atomic mass is 35.5. The van der Waals surface area contributed by atoms with Gasteiger partial charge in [-0.15, -0.1) is 0 Å². The molecule has 0 saturated heterocycles. The van der Waals surface area contributed by atoms with E-state index in [0.717, 1.165) is 12.1 Å². The molecule has 0 unspecified atom stereocenters. The highest BCUT2D eigenvalue weighted by Crippen LogP contribution is 2.35. The topological polar surface area (TPSA) is 106 Å². The van der Waals surface area contributed by atoms with Crippen molar-refractivity contribution in [1.29, 1.82) is 0 Å². The fraction of sp³-hybridized carbons (Fsp3) is 0.211. The molecule has 0 saturated carbocycles. The van der Waals surface area contributed by atoms with Gasteiger partial charge in [0, 0.05) is 43.7 Å². The number of alkyl halides is 3. The van der Waals surface area contributed by atoms with Gasteiger partial charge in [0.25, 0.3) is 0 Å². The van der Waals surface area contributed by atoms with E-state index in [-0.39, 0.29) is 19.5 Å². The van der Waals surface area contributed by atoms with E-state index in [2.05, 4.69) is 20.1 Å². The second-order valence-electron chi connectivity index (χ2n) is 6.50.